The molecular weight excluding hydrogens is 270 g/mol. The number of rotatable bonds is 6. The number of nitro groups is 1. The highest BCUT2D eigenvalue weighted by molar-refractivity contribution is 7.90. The fourth-order valence-corrected chi connectivity index (χ4v) is 2.23. The average Bonchev–Trinajstić information content (AvgIpc) is 2.40. The van der Waals surface area contributed by atoms with Gasteiger partial charge in [0.15, 0.2) is 0 Å². The van der Waals surface area contributed by atoms with Crippen LogP contribution in [0.5, 0.6) is 0 Å². The first kappa shape index (κ1) is 15.1. The zero-order valence-electron chi connectivity index (χ0n) is 10.7. The number of sulfonamides is 1. The summed E-state index contributed by atoms with van der Waals surface area (Å²) in [6.07, 6.45) is 1.23. The van der Waals surface area contributed by atoms with E-state index in [4.69, 9.17) is 0 Å². The van der Waals surface area contributed by atoms with E-state index in [1.165, 1.54) is 24.5 Å². The second kappa shape index (κ2) is 6.28. The third-order valence-corrected chi connectivity index (χ3v) is 3.71. The summed E-state index contributed by atoms with van der Waals surface area (Å²) in [6, 6.07) is 4.82. The van der Waals surface area contributed by atoms with Crippen LogP contribution in [-0.4, -0.2) is 37.7 Å². The molecule has 0 unspecified atom stereocenters. The number of nitro benzene ring substituents is 1. The molecule has 0 aliphatic carbocycles. The minimum atomic E-state index is -3.91. The molecule has 8 heteroatoms. The van der Waals surface area contributed by atoms with Gasteiger partial charge < -0.3 is 4.90 Å². The third kappa shape index (κ3) is 4.02. The zero-order valence-corrected chi connectivity index (χ0v) is 11.5. The van der Waals surface area contributed by atoms with Gasteiger partial charge in [-0.15, -0.1) is 4.40 Å². The lowest BCUT2D eigenvalue weighted by Gasteiger charge is -2.13. The Kier molecular flexibility index (Phi) is 4.99. The van der Waals surface area contributed by atoms with E-state index in [-0.39, 0.29) is 10.6 Å². The van der Waals surface area contributed by atoms with Crippen molar-refractivity contribution in [2.24, 2.45) is 4.40 Å². The van der Waals surface area contributed by atoms with Crippen molar-refractivity contribution in [1.82, 2.24) is 4.90 Å². The van der Waals surface area contributed by atoms with Crippen molar-refractivity contribution in [2.75, 3.05) is 13.1 Å². The van der Waals surface area contributed by atoms with E-state index in [2.05, 4.69) is 4.40 Å². The number of benzene rings is 1. The molecule has 1 aromatic rings. The molecule has 0 N–H and O–H groups in total. The molecule has 0 fully saturated rings. The minimum absolute atomic E-state index is 0.190. The Morgan fingerprint density at radius 2 is 2.00 bits per heavy atom. The molecule has 1 rings (SSSR count). The lowest BCUT2D eigenvalue weighted by atomic mass is 10.3. The summed E-state index contributed by atoms with van der Waals surface area (Å²) >= 11 is 0. The Morgan fingerprint density at radius 3 is 2.53 bits per heavy atom. The van der Waals surface area contributed by atoms with E-state index in [0.29, 0.717) is 13.1 Å². The van der Waals surface area contributed by atoms with E-state index in [9.17, 15) is 18.5 Å². The first-order valence-corrected chi connectivity index (χ1v) is 7.13. The molecule has 0 atom stereocenters. The summed E-state index contributed by atoms with van der Waals surface area (Å²) in [7, 11) is -3.91. The molecule has 1 aromatic carbocycles. The summed E-state index contributed by atoms with van der Waals surface area (Å²) < 4.78 is 27.3. The van der Waals surface area contributed by atoms with Gasteiger partial charge in [0.1, 0.15) is 6.34 Å². The Balaban J connectivity index is 3.07. The molecule has 0 spiro atoms. The number of hydrogen-bond donors (Lipinski definition) is 0. The molecule has 0 bridgehead atoms. The number of non-ortho nitro benzene ring substituents is 1. The van der Waals surface area contributed by atoms with Crippen LogP contribution in [0, 0.1) is 10.1 Å². The summed E-state index contributed by atoms with van der Waals surface area (Å²) in [5.41, 5.74) is -0.279. The molecule has 0 amide bonds. The van der Waals surface area contributed by atoms with Crippen LogP contribution in [0.3, 0.4) is 0 Å². The molecule has 19 heavy (non-hydrogen) atoms. The second-order valence-electron chi connectivity index (χ2n) is 3.67. The average molecular weight is 285 g/mol. The smallest absolute Gasteiger partial charge is 0.283 e. The van der Waals surface area contributed by atoms with E-state index in [1.54, 1.807) is 4.90 Å². The van der Waals surface area contributed by atoms with Gasteiger partial charge in [-0.3, -0.25) is 10.1 Å². The number of nitrogens with zero attached hydrogens (tertiary/aromatic N) is 3. The zero-order chi connectivity index (χ0) is 14.5. The van der Waals surface area contributed by atoms with Gasteiger partial charge in [0.2, 0.25) is 0 Å². The second-order valence-corrected chi connectivity index (χ2v) is 5.30. The Bertz CT molecular complexity index is 579. The van der Waals surface area contributed by atoms with Crippen molar-refractivity contribution in [3.63, 3.8) is 0 Å². The molecule has 0 radical (unpaired) electrons. The monoisotopic (exact) mass is 285 g/mol. The van der Waals surface area contributed by atoms with Gasteiger partial charge in [-0.2, -0.15) is 8.42 Å². The topological polar surface area (TPSA) is 92.9 Å². The standard InChI is InChI=1S/C11H15N3O4S/c1-3-13(4-2)9-12-19(17,18)11-7-5-6-10(8-11)14(15)16/h5-9H,3-4H2,1-2H3. The highest BCUT2D eigenvalue weighted by atomic mass is 32.2. The van der Waals surface area contributed by atoms with Crippen LogP contribution in [0.15, 0.2) is 33.6 Å². The van der Waals surface area contributed by atoms with Crippen LogP contribution in [0.2, 0.25) is 0 Å². The molecule has 0 saturated heterocycles. The Hall–Kier alpha value is -1.96. The van der Waals surface area contributed by atoms with E-state index in [1.807, 2.05) is 13.8 Å². The quantitative estimate of drug-likeness (QED) is 0.343. The largest absolute Gasteiger partial charge is 0.362 e. The van der Waals surface area contributed by atoms with Crippen LogP contribution < -0.4 is 0 Å². The summed E-state index contributed by atoms with van der Waals surface area (Å²) in [5.74, 6) is 0. The van der Waals surface area contributed by atoms with Gasteiger partial charge in [-0.1, -0.05) is 6.07 Å². The van der Waals surface area contributed by atoms with Crippen LogP contribution in [-0.2, 0) is 10.0 Å². The van der Waals surface area contributed by atoms with Crippen molar-refractivity contribution in [3.8, 4) is 0 Å². The maximum absolute atomic E-state index is 11.9. The summed E-state index contributed by atoms with van der Waals surface area (Å²) in [6.45, 7) is 5.00. The normalized spacial score (nSPS) is 11.7. The van der Waals surface area contributed by atoms with Crippen molar-refractivity contribution < 1.29 is 13.3 Å². The lowest BCUT2D eigenvalue weighted by Crippen LogP contribution is -2.21. The van der Waals surface area contributed by atoms with Crippen molar-refractivity contribution in [2.45, 2.75) is 18.7 Å². The molecule has 0 saturated carbocycles. The summed E-state index contributed by atoms with van der Waals surface area (Å²) in [5, 5.41) is 10.6. The van der Waals surface area contributed by atoms with Crippen molar-refractivity contribution in [3.05, 3.63) is 34.4 Å². The maximum Gasteiger partial charge on any atom is 0.283 e. The van der Waals surface area contributed by atoms with E-state index in [0.717, 1.165) is 6.07 Å². The van der Waals surface area contributed by atoms with Gasteiger partial charge >= 0.3 is 0 Å². The molecule has 104 valence electrons. The predicted octanol–water partition coefficient (Wildman–Crippen LogP) is 1.65. The van der Waals surface area contributed by atoms with Crippen LogP contribution in [0.25, 0.3) is 0 Å². The van der Waals surface area contributed by atoms with Gasteiger partial charge in [0.25, 0.3) is 15.7 Å². The Labute approximate surface area is 111 Å². The van der Waals surface area contributed by atoms with Crippen LogP contribution in [0.1, 0.15) is 13.8 Å². The molecular formula is C11H15N3O4S. The number of hydrogen-bond acceptors (Lipinski definition) is 4. The molecule has 0 aromatic heterocycles. The highest BCUT2D eigenvalue weighted by Gasteiger charge is 2.16. The van der Waals surface area contributed by atoms with Gasteiger partial charge in [0.05, 0.1) is 9.82 Å². The first-order valence-electron chi connectivity index (χ1n) is 5.69. The van der Waals surface area contributed by atoms with Crippen molar-refractivity contribution >= 4 is 22.0 Å². The van der Waals surface area contributed by atoms with Crippen molar-refractivity contribution in [1.29, 1.82) is 0 Å². The SMILES string of the molecule is CCN(C=NS(=O)(=O)c1cccc([N+](=O)[O-])c1)CC. The Morgan fingerprint density at radius 1 is 1.37 bits per heavy atom. The van der Waals surface area contributed by atoms with Gasteiger partial charge in [-0.05, 0) is 19.9 Å². The fraction of sp³-hybridized carbons (Fsp3) is 0.364. The molecule has 0 heterocycles. The highest BCUT2D eigenvalue weighted by Crippen LogP contribution is 2.18. The minimum Gasteiger partial charge on any atom is -0.362 e. The third-order valence-electron chi connectivity index (χ3n) is 2.49. The first-order chi connectivity index (χ1) is 8.90. The van der Waals surface area contributed by atoms with Gasteiger partial charge in [-0.25, -0.2) is 0 Å². The predicted molar refractivity (Wildman–Crippen MR) is 71.7 cm³/mol. The molecule has 0 aliphatic rings. The summed E-state index contributed by atoms with van der Waals surface area (Å²) in [4.78, 5) is 11.5. The molecule has 0 aliphatic heterocycles. The van der Waals surface area contributed by atoms with Gasteiger partial charge in [0, 0.05) is 25.2 Å². The van der Waals surface area contributed by atoms with E-state index >= 15 is 0 Å². The maximum atomic E-state index is 11.9. The fourth-order valence-electron chi connectivity index (χ4n) is 1.33. The van der Waals surface area contributed by atoms with Crippen LogP contribution in [0.4, 0.5) is 5.69 Å². The lowest BCUT2D eigenvalue weighted by molar-refractivity contribution is -0.385. The molecule has 7 nitrogen and oxygen atoms in total. The van der Waals surface area contributed by atoms with E-state index < -0.39 is 14.9 Å². The van der Waals surface area contributed by atoms with Crippen LogP contribution >= 0.6 is 0 Å².